The average molecular weight is 266 g/mol. The predicted octanol–water partition coefficient (Wildman–Crippen LogP) is 4.87. The van der Waals surface area contributed by atoms with E-state index >= 15 is 0 Å². The van der Waals surface area contributed by atoms with E-state index in [1.54, 1.807) is 0 Å². The highest BCUT2D eigenvalue weighted by Crippen LogP contribution is 2.68. The molecule has 2 nitrogen and oxygen atoms in total. The van der Waals surface area contributed by atoms with E-state index < -0.39 is 5.97 Å². The number of carboxylic acids is 1. The largest absolute Gasteiger partial charge is 0.481 e. The van der Waals surface area contributed by atoms with Crippen LogP contribution in [-0.2, 0) is 4.79 Å². The molecule has 3 atom stereocenters. The van der Waals surface area contributed by atoms with Gasteiger partial charge in [-0.2, -0.15) is 0 Å². The minimum atomic E-state index is -0.619. The lowest BCUT2D eigenvalue weighted by molar-refractivity contribution is -0.152. The van der Waals surface area contributed by atoms with Gasteiger partial charge in [0, 0.05) is 6.42 Å². The van der Waals surface area contributed by atoms with Crippen LogP contribution in [0.5, 0.6) is 0 Å². The van der Waals surface area contributed by atoms with Gasteiger partial charge in [-0.15, -0.1) is 0 Å². The van der Waals surface area contributed by atoms with E-state index in [0.29, 0.717) is 23.2 Å². The topological polar surface area (TPSA) is 37.3 Å². The van der Waals surface area contributed by atoms with Crippen molar-refractivity contribution in [2.75, 3.05) is 0 Å². The number of hydrogen-bond donors (Lipinski definition) is 1. The number of rotatable bonds is 6. The first-order valence-electron chi connectivity index (χ1n) is 8.25. The van der Waals surface area contributed by atoms with Crippen molar-refractivity contribution in [1.82, 2.24) is 0 Å². The monoisotopic (exact) mass is 266 g/mol. The van der Waals surface area contributed by atoms with Crippen LogP contribution in [0.15, 0.2) is 0 Å². The minimum absolute atomic E-state index is 0.364. The molecule has 3 fully saturated rings. The van der Waals surface area contributed by atoms with Crippen molar-refractivity contribution in [3.63, 3.8) is 0 Å². The van der Waals surface area contributed by atoms with Gasteiger partial charge in [-0.1, -0.05) is 20.8 Å². The average Bonchev–Trinajstić information content (AvgIpc) is 2.44. The molecule has 110 valence electrons. The van der Waals surface area contributed by atoms with Crippen LogP contribution in [0.25, 0.3) is 0 Å². The van der Waals surface area contributed by atoms with Gasteiger partial charge in [-0.05, 0) is 74.0 Å². The Morgan fingerprint density at radius 1 is 1.21 bits per heavy atom. The van der Waals surface area contributed by atoms with Gasteiger partial charge in [-0.25, -0.2) is 0 Å². The summed E-state index contributed by atoms with van der Waals surface area (Å²) >= 11 is 0. The minimum Gasteiger partial charge on any atom is -0.481 e. The summed E-state index contributed by atoms with van der Waals surface area (Å²) in [6.45, 7) is 7.06. The molecule has 0 aromatic heterocycles. The Labute approximate surface area is 118 Å². The number of hydrogen-bond acceptors (Lipinski definition) is 1. The Bertz CT molecular complexity index is 332. The van der Waals surface area contributed by atoms with Gasteiger partial charge in [0.05, 0.1) is 0 Å². The van der Waals surface area contributed by atoms with Gasteiger partial charge in [0.15, 0.2) is 0 Å². The van der Waals surface area contributed by atoms with Crippen LogP contribution in [0.4, 0.5) is 0 Å². The molecule has 2 bridgehead atoms. The van der Waals surface area contributed by atoms with Crippen LogP contribution in [-0.4, -0.2) is 11.1 Å². The molecule has 0 spiro atoms. The Morgan fingerprint density at radius 2 is 1.89 bits per heavy atom. The molecule has 0 amide bonds. The molecule has 0 saturated heterocycles. The van der Waals surface area contributed by atoms with E-state index in [1.807, 2.05) is 0 Å². The number of carbonyl (C=O) groups is 1. The predicted molar refractivity (Wildman–Crippen MR) is 78.1 cm³/mol. The third-order valence-electron chi connectivity index (χ3n) is 6.82. The molecule has 19 heavy (non-hydrogen) atoms. The second kappa shape index (κ2) is 5.46. The molecule has 0 aromatic carbocycles. The van der Waals surface area contributed by atoms with Gasteiger partial charge in [0.2, 0.25) is 0 Å². The molecule has 3 rings (SSSR count). The lowest BCUT2D eigenvalue weighted by Gasteiger charge is -2.64. The summed E-state index contributed by atoms with van der Waals surface area (Å²) in [5.74, 6) is 0.902. The highest BCUT2D eigenvalue weighted by molar-refractivity contribution is 5.66. The normalized spacial score (nSPS) is 36.4. The van der Waals surface area contributed by atoms with Crippen molar-refractivity contribution >= 4 is 5.97 Å². The second-order valence-corrected chi connectivity index (χ2v) is 6.97. The Kier molecular flexibility index (Phi) is 4.27. The fourth-order valence-corrected chi connectivity index (χ4v) is 5.83. The molecule has 0 heterocycles. The zero-order chi connectivity index (χ0) is 14.1. The highest BCUT2D eigenvalue weighted by atomic mass is 16.4. The molecule has 1 N–H and O–H groups in total. The summed E-state index contributed by atoms with van der Waals surface area (Å²) in [6, 6.07) is 0. The zero-order valence-corrected chi connectivity index (χ0v) is 12.9. The number of carboxylic acid groups (broad SMARTS) is 1. The molecule has 3 aliphatic rings. The van der Waals surface area contributed by atoms with Crippen LogP contribution in [0.2, 0.25) is 0 Å². The summed E-state index contributed by atoms with van der Waals surface area (Å²) in [7, 11) is 0. The summed E-state index contributed by atoms with van der Waals surface area (Å²) in [4.78, 5) is 10.9. The third-order valence-corrected chi connectivity index (χ3v) is 6.82. The zero-order valence-electron chi connectivity index (χ0n) is 12.9. The molecule has 3 saturated carbocycles. The van der Waals surface area contributed by atoms with Crippen LogP contribution < -0.4 is 0 Å². The molecular formula is C17H30O2. The van der Waals surface area contributed by atoms with Gasteiger partial charge >= 0.3 is 5.97 Å². The van der Waals surface area contributed by atoms with E-state index in [0.717, 1.165) is 12.3 Å². The highest BCUT2D eigenvalue weighted by Gasteiger charge is 2.58. The number of aliphatic carboxylic acids is 1. The van der Waals surface area contributed by atoms with Crippen molar-refractivity contribution in [1.29, 1.82) is 0 Å². The van der Waals surface area contributed by atoms with E-state index in [9.17, 15) is 4.79 Å². The third kappa shape index (κ3) is 2.21. The molecule has 0 aromatic rings. The summed E-state index contributed by atoms with van der Waals surface area (Å²) < 4.78 is 0. The van der Waals surface area contributed by atoms with Gasteiger partial charge in [-0.3, -0.25) is 4.79 Å². The van der Waals surface area contributed by atoms with Gasteiger partial charge < -0.3 is 5.11 Å². The van der Waals surface area contributed by atoms with Crippen LogP contribution in [0.1, 0.15) is 78.6 Å². The van der Waals surface area contributed by atoms with Crippen molar-refractivity contribution < 1.29 is 9.90 Å². The van der Waals surface area contributed by atoms with Crippen LogP contribution >= 0.6 is 0 Å². The Balaban J connectivity index is 2.27. The molecular weight excluding hydrogens is 236 g/mol. The molecule has 3 aliphatic carbocycles. The van der Waals surface area contributed by atoms with Crippen LogP contribution in [0.3, 0.4) is 0 Å². The molecule has 3 unspecified atom stereocenters. The maximum atomic E-state index is 10.9. The maximum absolute atomic E-state index is 10.9. The standard InChI is InChI=1S/C17H30O2/c1-4-16(5-2)12-13-9-10-17(16,6-3)14(11-13)7-8-15(18)19/h13-14H,4-12H2,1-3H3,(H,18,19). The van der Waals surface area contributed by atoms with Crippen LogP contribution in [0, 0.1) is 22.7 Å². The first-order chi connectivity index (χ1) is 9.03. The van der Waals surface area contributed by atoms with Gasteiger partial charge in [0.25, 0.3) is 0 Å². The first kappa shape index (κ1) is 14.9. The fourth-order valence-electron chi connectivity index (χ4n) is 5.83. The van der Waals surface area contributed by atoms with Crippen molar-refractivity contribution in [2.24, 2.45) is 22.7 Å². The number of fused-ring (bicyclic) bond motifs is 3. The summed E-state index contributed by atoms with van der Waals surface area (Å²) in [5, 5.41) is 9.02. The Morgan fingerprint density at radius 3 is 2.42 bits per heavy atom. The fraction of sp³-hybridized carbons (Fsp3) is 0.941. The summed E-state index contributed by atoms with van der Waals surface area (Å²) in [6.07, 6.45) is 10.5. The van der Waals surface area contributed by atoms with E-state index in [1.165, 1.54) is 44.9 Å². The smallest absolute Gasteiger partial charge is 0.303 e. The van der Waals surface area contributed by atoms with Crippen molar-refractivity contribution in [2.45, 2.75) is 78.6 Å². The SMILES string of the molecule is CCC1(CC)CC2CCC1(CC)C(CCC(=O)O)C2. The first-order valence-corrected chi connectivity index (χ1v) is 8.25. The summed E-state index contributed by atoms with van der Waals surface area (Å²) in [5.41, 5.74) is 0.923. The second-order valence-electron chi connectivity index (χ2n) is 6.97. The van der Waals surface area contributed by atoms with Gasteiger partial charge in [0.1, 0.15) is 0 Å². The quantitative estimate of drug-likeness (QED) is 0.744. The molecule has 0 radical (unpaired) electrons. The lowest BCUT2D eigenvalue weighted by atomic mass is 9.40. The van der Waals surface area contributed by atoms with Crippen molar-refractivity contribution in [3.05, 3.63) is 0 Å². The lowest BCUT2D eigenvalue weighted by Crippen LogP contribution is -2.55. The van der Waals surface area contributed by atoms with Crippen molar-refractivity contribution in [3.8, 4) is 0 Å². The van der Waals surface area contributed by atoms with E-state index in [4.69, 9.17) is 5.11 Å². The van der Waals surface area contributed by atoms with E-state index in [-0.39, 0.29) is 0 Å². The molecule has 0 aliphatic heterocycles. The Hall–Kier alpha value is -0.530. The van der Waals surface area contributed by atoms with E-state index in [2.05, 4.69) is 20.8 Å². The molecule has 2 heteroatoms. The maximum Gasteiger partial charge on any atom is 0.303 e.